The van der Waals surface area contributed by atoms with Gasteiger partial charge in [0.05, 0.1) is 0 Å². The average molecular weight is 310 g/mol. The molecule has 22 heavy (non-hydrogen) atoms. The lowest BCUT2D eigenvalue weighted by Gasteiger charge is -2.04. The first kappa shape index (κ1) is 21.7. The van der Waals surface area contributed by atoms with Crippen molar-refractivity contribution in [1.82, 2.24) is 0 Å². The molecule has 0 fully saturated rings. The molecule has 1 nitrogen and oxygen atoms in total. The van der Waals surface area contributed by atoms with Gasteiger partial charge in [0.25, 0.3) is 0 Å². The Morgan fingerprint density at radius 2 is 0.864 bits per heavy atom. The van der Waals surface area contributed by atoms with Crippen molar-refractivity contribution >= 4 is 5.78 Å². The van der Waals surface area contributed by atoms with E-state index in [0.29, 0.717) is 5.78 Å². The van der Waals surface area contributed by atoms with Gasteiger partial charge in [-0.2, -0.15) is 0 Å². The predicted octanol–water partition coefficient (Wildman–Crippen LogP) is 7.43. The minimum absolute atomic E-state index is 0.356. The standard InChI is InChI=1S/C21H41O/c1-4-5-6-7-8-9-10-11-12-13-14-15-16-17-18-19-21(22)20(2)3/h4-19H2,1-3H3. The first-order valence-corrected chi connectivity index (χ1v) is 10.0. The fraction of sp³-hybridized carbons (Fsp3) is 0.905. The summed E-state index contributed by atoms with van der Waals surface area (Å²) >= 11 is 0. The fourth-order valence-corrected chi connectivity index (χ4v) is 2.91. The van der Waals surface area contributed by atoms with E-state index in [1.54, 1.807) is 0 Å². The van der Waals surface area contributed by atoms with Gasteiger partial charge in [-0.3, -0.25) is 4.79 Å². The molecular weight excluding hydrogens is 268 g/mol. The average Bonchev–Trinajstić information content (AvgIpc) is 2.50. The summed E-state index contributed by atoms with van der Waals surface area (Å²) in [6.45, 7) is 6.13. The van der Waals surface area contributed by atoms with Crippen molar-refractivity contribution in [3.05, 3.63) is 5.92 Å². The van der Waals surface area contributed by atoms with Crippen LogP contribution in [0, 0.1) is 5.92 Å². The van der Waals surface area contributed by atoms with Crippen molar-refractivity contribution < 1.29 is 4.79 Å². The van der Waals surface area contributed by atoms with Crippen LogP contribution in [0.25, 0.3) is 0 Å². The Kier molecular flexibility index (Phi) is 16.8. The van der Waals surface area contributed by atoms with Crippen molar-refractivity contribution in [3.8, 4) is 0 Å². The van der Waals surface area contributed by atoms with Crippen LogP contribution in [0.1, 0.15) is 124 Å². The van der Waals surface area contributed by atoms with Gasteiger partial charge in [-0.25, -0.2) is 0 Å². The Labute approximate surface area is 140 Å². The van der Waals surface area contributed by atoms with E-state index in [9.17, 15) is 4.79 Å². The van der Waals surface area contributed by atoms with Gasteiger partial charge in [0.1, 0.15) is 5.78 Å². The highest BCUT2D eigenvalue weighted by Gasteiger charge is 2.06. The lowest BCUT2D eigenvalue weighted by molar-refractivity contribution is -0.117. The van der Waals surface area contributed by atoms with Crippen LogP contribution in [-0.4, -0.2) is 5.78 Å². The Bertz CT molecular complexity index is 232. The number of unbranched alkanes of at least 4 members (excludes halogenated alkanes) is 14. The van der Waals surface area contributed by atoms with Gasteiger partial charge in [0.15, 0.2) is 0 Å². The van der Waals surface area contributed by atoms with E-state index in [1.807, 2.05) is 13.8 Å². The monoisotopic (exact) mass is 309 g/mol. The zero-order valence-corrected chi connectivity index (χ0v) is 15.7. The van der Waals surface area contributed by atoms with Crippen molar-refractivity contribution in [2.45, 2.75) is 124 Å². The van der Waals surface area contributed by atoms with Crippen LogP contribution in [0.4, 0.5) is 0 Å². The predicted molar refractivity (Wildman–Crippen MR) is 99.1 cm³/mol. The van der Waals surface area contributed by atoms with E-state index in [4.69, 9.17) is 0 Å². The third-order valence-electron chi connectivity index (χ3n) is 4.57. The molecule has 0 bridgehead atoms. The molecular formula is C21H41O. The summed E-state index contributed by atoms with van der Waals surface area (Å²) < 4.78 is 0. The van der Waals surface area contributed by atoms with Crippen LogP contribution in [0.3, 0.4) is 0 Å². The largest absolute Gasteiger partial charge is 0.299 e. The number of carbonyl (C=O) groups excluding carboxylic acids is 1. The molecule has 0 atom stereocenters. The minimum Gasteiger partial charge on any atom is -0.299 e. The van der Waals surface area contributed by atoms with Crippen molar-refractivity contribution in [2.75, 3.05) is 0 Å². The summed E-state index contributed by atoms with van der Waals surface area (Å²) in [6, 6.07) is 0. The summed E-state index contributed by atoms with van der Waals surface area (Å²) in [6.07, 6.45) is 21.4. The highest BCUT2D eigenvalue weighted by atomic mass is 16.1. The summed E-state index contributed by atoms with van der Waals surface area (Å²) in [5.41, 5.74) is 0. The zero-order chi connectivity index (χ0) is 16.5. The molecule has 131 valence electrons. The Hall–Kier alpha value is -0.330. The molecule has 0 rings (SSSR count). The molecule has 0 spiro atoms. The second-order valence-corrected chi connectivity index (χ2v) is 7.12. The van der Waals surface area contributed by atoms with Gasteiger partial charge in [-0.05, 0) is 6.42 Å². The van der Waals surface area contributed by atoms with Crippen LogP contribution in [0.2, 0.25) is 0 Å². The number of rotatable bonds is 17. The zero-order valence-electron chi connectivity index (χ0n) is 15.7. The molecule has 0 aliphatic carbocycles. The molecule has 0 unspecified atom stereocenters. The van der Waals surface area contributed by atoms with Crippen molar-refractivity contribution in [1.29, 1.82) is 0 Å². The topological polar surface area (TPSA) is 17.1 Å². The number of Topliss-reactive ketones (excluding diaryl/α,β-unsaturated/α-hetero) is 1. The lowest BCUT2D eigenvalue weighted by Crippen LogP contribution is -2.03. The van der Waals surface area contributed by atoms with E-state index in [0.717, 1.165) is 18.8 Å². The van der Waals surface area contributed by atoms with Gasteiger partial charge >= 0.3 is 0 Å². The van der Waals surface area contributed by atoms with Crippen LogP contribution >= 0.6 is 0 Å². The molecule has 0 aliphatic rings. The number of ketones is 1. The van der Waals surface area contributed by atoms with E-state index in [1.165, 1.54) is 89.9 Å². The Morgan fingerprint density at radius 1 is 0.545 bits per heavy atom. The third-order valence-corrected chi connectivity index (χ3v) is 4.57. The van der Waals surface area contributed by atoms with Crippen molar-refractivity contribution in [2.24, 2.45) is 0 Å². The molecule has 0 aromatic heterocycles. The van der Waals surface area contributed by atoms with Crippen molar-refractivity contribution in [3.63, 3.8) is 0 Å². The number of carbonyl (C=O) groups is 1. The van der Waals surface area contributed by atoms with Gasteiger partial charge in [-0.1, -0.05) is 111 Å². The summed E-state index contributed by atoms with van der Waals surface area (Å²) in [7, 11) is 0. The lowest BCUT2D eigenvalue weighted by atomic mass is 10.0. The normalized spacial score (nSPS) is 11.3. The smallest absolute Gasteiger partial charge is 0.139 e. The minimum atomic E-state index is 0.356. The van der Waals surface area contributed by atoms with E-state index in [2.05, 4.69) is 6.92 Å². The SMILES string of the molecule is CCCCCCCCCCCCCCCCCC(=O)[C](C)C. The summed E-state index contributed by atoms with van der Waals surface area (Å²) in [4.78, 5) is 11.4. The highest BCUT2D eigenvalue weighted by Crippen LogP contribution is 2.14. The maximum atomic E-state index is 11.4. The molecule has 1 radical (unpaired) electrons. The van der Waals surface area contributed by atoms with Crippen LogP contribution in [0.5, 0.6) is 0 Å². The maximum Gasteiger partial charge on any atom is 0.139 e. The van der Waals surface area contributed by atoms with E-state index >= 15 is 0 Å². The molecule has 1 heteroatoms. The molecule has 0 saturated heterocycles. The van der Waals surface area contributed by atoms with E-state index < -0.39 is 0 Å². The Balaban J connectivity index is 3.04. The maximum absolute atomic E-state index is 11.4. The van der Waals surface area contributed by atoms with Gasteiger partial charge in [0.2, 0.25) is 0 Å². The molecule has 0 aliphatic heterocycles. The second kappa shape index (κ2) is 17.0. The second-order valence-electron chi connectivity index (χ2n) is 7.12. The quantitative estimate of drug-likeness (QED) is 0.255. The summed E-state index contributed by atoms with van der Waals surface area (Å²) in [5, 5.41) is 0. The van der Waals surface area contributed by atoms with E-state index in [-0.39, 0.29) is 0 Å². The third kappa shape index (κ3) is 16.0. The molecule has 0 aromatic carbocycles. The van der Waals surface area contributed by atoms with Crippen LogP contribution in [-0.2, 0) is 4.79 Å². The van der Waals surface area contributed by atoms with Gasteiger partial charge in [0, 0.05) is 12.3 Å². The molecule has 0 saturated carbocycles. The van der Waals surface area contributed by atoms with Crippen LogP contribution in [0.15, 0.2) is 0 Å². The summed E-state index contributed by atoms with van der Waals surface area (Å²) in [5.74, 6) is 1.32. The highest BCUT2D eigenvalue weighted by molar-refractivity contribution is 5.90. The Morgan fingerprint density at radius 3 is 1.18 bits per heavy atom. The fourth-order valence-electron chi connectivity index (χ4n) is 2.91. The van der Waals surface area contributed by atoms with Gasteiger partial charge < -0.3 is 0 Å². The molecule has 0 aromatic rings. The molecule has 0 heterocycles. The first-order valence-electron chi connectivity index (χ1n) is 10.0. The van der Waals surface area contributed by atoms with Gasteiger partial charge in [-0.15, -0.1) is 0 Å². The van der Waals surface area contributed by atoms with Crippen LogP contribution < -0.4 is 0 Å². The molecule has 0 N–H and O–H groups in total. The molecule has 0 amide bonds. The number of hydrogen-bond donors (Lipinski definition) is 0. The number of hydrogen-bond acceptors (Lipinski definition) is 1. The first-order chi connectivity index (χ1) is 10.7.